The Morgan fingerprint density at radius 3 is 2.04 bits per heavy atom. The standard InChI is InChI=1S/C21H38N2/c1-3-4-5-6-7-8-9-10-11-12-13-14-15-16-17-18-19-22-23-20-21(23)2/h4-5,7-8,10-11,21-22H,3,6,9,12-20H2,1-2H3/b5-4-,8-7-,11-10-. The molecule has 0 radical (unpaired) electrons. The molecule has 2 atom stereocenters. The fourth-order valence-corrected chi connectivity index (χ4v) is 2.60. The van der Waals surface area contributed by atoms with Crippen molar-refractivity contribution in [3.63, 3.8) is 0 Å². The first-order valence-electron chi connectivity index (χ1n) is 9.79. The highest BCUT2D eigenvalue weighted by atomic mass is 15.6. The summed E-state index contributed by atoms with van der Waals surface area (Å²) in [6.07, 6.45) is 26.4. The molecule has 1 rings (SSSR count). The second-order valence-electron chi connectivity index (χ2n) is 6.61. The van der Waals surface area contributed by atoms with E-state index in [-0.39, 0.29) is 0 Å². The molecule has 0 bridgehead atoms. The first-order chi connectivity index (χ1) is 11.3. The zero-order chi connectivity index (χ0) is 16.6. The number of unbranched alkanes of at least 4 members (excludes halogenated alkanes) is 6. The summed E-state index contributed by atoms with van der Waals surface area (Å²) < 4.78 is 0. The van der Waals surface area contributed by atoms with E-state index in [1.165, 1.54) is 51.5 Å². The van der Waals surface area contributed by atoms with E-state index in [1.54, 1.807) is 0 Å². The van der Waals surface area contributed by atoms with Crippen molar-refractivity contribution in [2.45, 2.75) is 84.1 Å². The lowest BCUT2D eigenvalue weighted by atomic mass is 10.1. The third-order valence-electron chi connectivity index (χ3n) is 4.25. The third-order valence-corrected chi connectivity index (χ3v) is 4.25. The molecule has 1 N–H and O–H groups in total. The van der Waals surface area contributed by atoms with E-state index in [2.05, 4.69) is 60.7 Å². The maximum absolute atomic E-state index is 3.47. The predicted molar refractivity (Wildman–Crippen MR) is 103 cm³/mol. The van der Waals surface area contributed by atoms with Crippen LogP contribution in [-0.2, 0) is 0 Å². The molecule has 2 unspecified atom stereocenters. The first-order valence-corrected chi connectivity index (χ1v) is 9.79. The average molecular weight is 319 g/mol. The van der Waals surface area contributed by atoms with Crippen LogP contribution >= 0.6 is 0 Å². The molecule has 2 heteroatoms. The van der Waals surface area contributed by atoms with E-state index in [9.17, 15) is 0 Å². The van der Waals surface area contributed by atoms with Crippen molar-refractivity contribution in [3.8, 4) is 0 Å². The molecule has 0 saturated carbocycles. The fraction of sp³-hybridized carbons (Fsp3) is 0.714. The summed E-state index contributed by atoms with van der Waals surface area (Å²) in [4.78, 5) is 0. The van der Waals surface area contributed by atoms with Crippen LogP contribution in [0, 0.1) is 0 Å². The van der Waals surface area contributed by atoms with Gasteiger partial charge in [-0.05, 0) is 45.4 Å². The van der Waals surface area contributed by atoms with Gasteiger partial charge in [-0.25, -0.2) is 5.01 Å². The molecule has 1 heterocycles. The van der Waals surface area contributed by atoms with Crippen LogP contribution in [0.25, 0.3) is 0 Å². The van der Waals surface area contributed by atoms with Gasteiger partial charge in [-0.2, -0.15) is 0 Å². The average Bonchev–Trinajstić information content (AvgIpc) is 3.26. The summed E-state index contributed by atoms with van der Waals surface area (Å²) in [6, 6.07) is 0.774. The zero-order valence-corrected chi connectivity index (χ0v) is 15.5. The van der Waals surface area contributed by atoms with Gasteiger partial charge in [-0.15, -0.1) is 0 Å². The topological polar surface area (TPSA) is 15.0 Å². The largest absolute Gasteiger partial charge is 0.255 e. The Balaban J connectivity index is 1.73. The van der Waals surface area contributed by atoms with Crippen molar-refractivity contribution in [3.05, 3.63) is 36.5 Å². The van der Waals surface area contributed by atoms with Gasteiger partial charge in [0.05, 0.1) is 0 Å². The first kappa shape index (κ1) is 20.2. The molecule has 2 nitrogen and oxygen atoms in total. The van der Waals surface area contributed by atoms with Crippen LogP contribution in [0.15, 0.2) is 36.5 Å². The van der Waals surface area contributed by atoms with Crippen LogP contribution < -0.4 is 5.43 Å². The third kappa shape index (κ3) is 13.3. The second-order valence-corrected chi connectivity index (χ2v) is 6.61. The Morgan fingerprint density at radius 1 is 0.826 bits per heavy atom. The van der Waals surface area contributed by atoms with E-state index < -0.39 is 0 Å². The van der Waals surface area contributed by atoms with Crippen LogP contribution in [0.4, 0.5) is 0 Å². The molecule has 23 heavy (non-hydrogen) atoms. The van der Waals surface area contributed by atoms with Crippen LogP contribution in [-0.4, -0.2) is 24.1 Å². The highest BCUT2D eigenvalue weighted by molar-refractivity contribution is 4.96. The Labute approximate surface area is 144 Å². The summed E-state index contributed by atoms with van der Waals surface area (Å²) in [7, 11) is 0. The molecule has 1 fully saturated rings. The summed E-state index contributed by atoms with van der Waals surface area (Å²) in [5.41, 5.74) is 3.47. The molecule has 0 aromatic rings. The molecule has 1 aliphatic rings. The molecule has 1 saturated heterocycles. The molecule has 0 aromatic carbocycles. The maximum atomic E-state index is 3.47. The normalized spacial score (nSPS) is 21.1. The SMILES string of the molecule is CC/C=C\C/C=C\C/C=C\CCCCCCCCNN1CC1C. The van der Waals surface area contributed by atoms with Crippen LogP contribution in [0.5, 0.6) is 0 Å². The number of rotatable bonds is 15. The highest BCUT2D eigenvalue weighted by Crippen LogP contribution is 2.12. The highest BCUT2D eigenvalue weighted by Gasteiger charge is 2.27. The zero-order valence-electron chi connectivity index (χ0n) is 15.5. The molecule has 0 aromatic heterocycles. The number of hydrogen-bond donors (Lipinski definition) is 1. The number of hydrogen-bond acceptors (Lipinski definition) is 2. The number of nitrogens with zero attached hydrogens (tertiary/aromatic N) is 1. The predicted octanol–water partition coefficient (Wildman–Crippen LogP) is 5.78. The minimum atomic E-state index is 0.774. The molecule has 0 amide bonds. The van der Waals surface area contributed by atoms with Crippen molar-refractivity contribution >= 4 is 0 Å². The molecule has 0 aliphatic carbocycles. The van der Waals surface area contributed by atoms with Crippen molar-refractivity contribution in [1.82, 2.24) is 10.4 Å². The number of nitrogens with one attached hydrogen (secondary N) is 1. The lowest BCUT2D eigenvalue weighted by Crippen LogP contribution is -2.23. The van der Waals surface area contributed by atoms with Gasteiger partial charge in [-0.3, -0.25) is 5.43 Å². The van der Waals surface area contributed by atoms with Gasteiger partial charge < -0.3 is 0 Å². The smallest absolute Gasteiger partial charge is 0.0357 e. The van der Waals surface area contributed by atoms with E-state index in [4.69, 9.17) is 0 Å². The summed E-state index contributed by atoms with van der Waals surface area (Å²) in [5.74, 6) is 0. The summed E-state index contributed by atoms with van der Waals surface area (Å²) in [6.45, 7) is 6.84. The van der Waals surface area contributed by atoms with Gasteiger partial charge in [0.1, 0.15) is 0 Å². The fourth-order valence-electron chi connectivity index (χ4n) is 2.60. The van der Waals surface area contributed by atoms with Crippen molar-refractivity contribution in [1.29, 1.82) is 0 Å². The van der Waals surface area contributed by atoms with E-state index >= 15 is 0 Å². The number of allylic oxidation sites excluding steroid dienone is 6. The Hall–Kier alpha value is -0.860. The monoisotopic (exact) mass is 318 g/mol. The minimum absolute atomic E-state index is 0.774. The lowest BCUT2D eigenvalue weighted by molar-refractivity contribution is 0.369. The lowest BCUT2D eigenvalue weighted by Gasteiger charge is -2.05. The van der Waals surface area contributed by atoms with E-state index in [0.29, 0.717) is 0 Å². The van der Waals surface area contributed by atoms with Crippen LogP contribution in [0.3, 0.4) is 0 Å². The van der Waals surface area contributed by atoms with Gasteiger partial charge in [-0.1, -0.05) is 69.1 Å². The molecule has 0 spiro atoms. The quantitative estimate of drug-likeness (QED) is 0.234. The van der Waals surface area contributed by atoms with Crippen molar-refractivity contribution < 1.29 is 0 Å². The molecular formula is C21H38N2. The van der Waals surface area contributed by atoms with Gasteiger partial charge >= 0.3 is 0 Å². The molecule has 1 aliphatic heterocycles. The summed E-state index contributed by atoms with van der Waals surface area (Å²) in [5, 5.41) is 2.32. The van der Waals surface area contributed by atoms with E-state index in [1.807, 2.05) is 0 Å². The minimum Gasteiger partial charge on any atom is -0.255 e. The molecular weight excluding hydrogens is 280 g/mol. The Bertz CT molecular complexity index is 344. The van der Waals surface area contributed by atoms with Gasteiger partial charge in [0.15, 0.2) is 0 Å². The van der Waals surface area contributed by atoms with E-state index in [0.717, 1.165) is 31.8 Å². The Kier molecular flexibility index (Phi) is 12.9. The Morgan fingerprint density at radius 2 is 1.39 bits per heavy atom. The summed E-state index contributed by atoms with van der Waals surface area (Å²) >= 11 is 0. The van der Waals surface area contributed by atoms with Crippen molar-refractivity contribution in [2.24, 2.45) is 0 Å². The van der Waals surface area contributed by atoms with Gasteiger partial charge in [0, 0.05) is 19.1 Å². The maximum Gasteiger partial charge on any atom is 0.0357 e. The second kappa shape index (κ2) is 14.7. The number of hydrazine groups is 1. The molecule has 132 valence electrons. The van der Waals surface area contributed by atoms with Crippen molar-refractivity contribution in [2.75, 3.05) is 13.1 Å². The van der Waals surface area contributed by atoms with Gasteiger partial charge in [0.2, 0.25) is 0 Å². The van der Waals surface area contributed by atoms with Crippen LogP contribution in [0.2, 0.25) is 0 Å². The van der Waals surface area contributed by atoms with Gasteiger partial charge in [0.25, 0.3) is 0 Å². The van der Waals surface area contributed by atoms with Crippen LogP contribution in [0.1, 0.15) is 78.1 Å².